The van der Waals surface area contributed by atoms with E-state index >= 15 is 0 Å². The third kappa shape index (κ3) is 3.14. The highest BCUT2D eigenvalue weighted by molar-refractivity contribution is 5.87. The van der Waals surface area contributed by atoms with Gasteiger partial charge in [0.05, 0.1) is 0 Å². The summed E-state index contributed by atoms with van der Waals surface area (Å²) >= 11 is 0. The molecule has 5 heteroatoms. The lowest BCUT2D eigenvalue weighted by Gasteiger charge is -2.07. The van der Waals surface area contributed by atoms with Crippen molar-refractivity contribution in [3.8, 4) is 11.6 Å². The fourth-order valence-electron chi connectivity index (χ4n) is 2.00. The molecule has 0 spiro atoms. The van der Waals surface area contributed by atoms with Crippen LogP contribution in [0.25, 0.3) is 10.8 Å². The molecule has 0 saturated heterocycles. The van der Waals surface area contributed by atoms with Gasteiger partial charge in [-0.1, -0.05) is 30.3 Å². The van der Waals surface area contributed by atoms with E-state index in [1.54, 1.807) is 6.07 Å². The summed E-state index contributed by atoms with van der Waals surface area (Å²) in [5, 5.41) is 4.82. The maximum Gasteiger partial charge on any atom is 0.224 e. The first-order valence-corrected chi connectivity index (χ1v) is 6.47. The first-order valence-electron chi connectivity index (χ1n) is 6.47. The second-order valence-electron chi connectivity index (χ2n) is 4.53. The number of hydrogen-bond donors (Lipinski definition) is 1. The minimum absolute atomic E-state index is 0.189. The van der Waals surface area contributed by atoms with Gasteiger partial charge in [0.25, 0.3) is 0 Å². The van der Waals surface area contributed by atoms with Gasteiger partial charge >= 0.3 is 0 Å². The Hall–Kier alpha value is -2.95. The quantitative estimate of drug-likeness (QED) is 0.798. The Kier molecular flexibility index (Phi) is 3.47. The molecular formula is C16H13N3O2. The van der Waals surface area contributed by atoms with Gasteiger partial charge < -0.3 is 10.1 Å². The molecule has 1 heterocycles. The average Bonchev–Trinajstić information content (AvgIpc) is 2.47. The SMILES string of the molecule is CC(=O)Nc1cc(Oc2ccc3ccccc3c2)ncn1. The van der Waals surface area contributed by atoms with Crippen molar-refractivity contribution in [2.75, 3.05) is 5.32 Å². The normalized spacial score (nSPS) is 10.3. The predicted octanol–water partition coefficient (Wildman–Crippen LogP) is 3.38. The fourth-order valence-corrected chi connectivity index (χ4v) is 2.00. The van der Waals surface area contributed by atoms with E-state index in [0.717, 1.165) is 10.8 Å². The zero-order chi connectivity index (χ0) is 14.7. The Morgan fingerprint density at radius 1 is 1.05 bits per heavy atom. The predicted molar refractivity (Wildman–Crippen MR) is 80.4 cm³/mol. The zero-order valence-electron chi connectivity index (χ0n) is 11.4. The summed E-state index contributed by atoms with van der Waals surface area (Å²) in [7, 11) is 0. The highest BCUT2D eigenvalue weighted by Gasteiger charge is 2.03. The van der Waals surface area contributed by atoms with Gasteiger partial charge in [0.1, 0.15) is 17.9 Å². The highest BCUT2D eigenvalue weighted by atomic mass is 16.5. The maximum atomic E-state index is 11.0. The van der Waals surface area contributed by atoms with Crippen LogP contribution in [0.5, 0.6) is 11.6 Å². The van der Waals surface area contributed by atoms with Crippen LogP contribution in [0.2, 0.25) is 0 Å². The molecule has 5 nitrogen and oxygen atoms in total. The lowest BCUT2D eigenvalue weighted by atomic mass is 10.1. The molecule has 3 rings (SSSR count). The van der Waals surface area contributed by atoms with Gasteiger partial charge in [-0.3, -0.25) is 4.79 Å². The summed E-state index contributed by atoms with van der Waals surface area (Å²) in [4.78, 5) is 19.0. The summed E-state index contributed by atoms with van der Waals surface area (Å²) in [6.07, 6.45) is 1.35. The molecule has 21 heavy (non-hydrogen) atoms. The van der Waals surface area contributed by atoms with E-state index in [2.05, 4.69) is 15.3 Å². The Bertz CT molecular complexity index is 802. The van der Waals surface area contributed by atoms with E-state index in [-0.39, 0.29) is 5.91 Å². The smallest absolute Gasteiger partial charge is 0.224 e. The number of nitrogens with zero attached hydrogens (tertiary/aromatic N) is 2. The van der Waals surface area contributed by atoms with Crippen LogP contribution in [0, 0.1) is 0 Å². The first kappa shape index (κ1) is 13.1. The summed E-state index contributed by atoms with van der Waals surface area (Å²) in [6.45, 7) is 1.42. The molecule has 0 bridgehead atoms. The van der Waals surface area contributed by atoms with Crippen molar-refractivity contribution in [2.45, 2.75) is 6.92 Å². The number of nitrogens with one attached hydrogen (secondary N) is 1. The standard InChI is InChI=1S/C16H13N3O2/c1-11(20)19-15-9-16(18-10-17-15)21-14-7-6-12-4-2-3-5-13(12)8-14/h2-10H,1H3,(H,17,18,19,20). The van der Waals surface area contributed by atoms with E-state index in [9.17, 15) is 4.79 Å². The minimum atomic E-state index is -0.189. The van der Waals surface area contributed by atoms with Crippen LogP contribution in [0.3, 0.4) is 0 Å². The molecule has 0 fully saturated rings. The molecule has 0 radical (unpaired) electrons. The van der Waals surface area contributed by atoms with Crippen molar-refractivity contribution in [3.63, 3.8) is 0 Å². The molecule has 2 aromatic carbocycles. The van der Waals surface area contributed by atoms with Crippen molar-refractivity contribution in [1.82, 2.24) is 9.97 Å². The number of rotatable bonds is 3. The molecular weight excluding hydrogens is 266 g/mol. The second kappa shape index (κ2) is 5.58. The molecule has 0 aliphatic rings. The van der Waals surface area contributed by atoms with Crippen LogP contribution in [-0.4, -0.2) is 15.9 Å². The minimum Gasteiger partial charge on any atom is -0.439 e. The first-order chi connectivity index (χ1) is 10.2. The number of aromatic nitrogens is 2. The van der Waals surface area contributed by atoms with Gasteiger partial charge in [-0.05, 0) is 22.9 Å². The number of carbonyl (C=O) groups is 1. The number of ether oxygens (including phenoxy) is 1. The van der Waals surface area contributed by atoms with E-state index in [1.807, 2.05) is 42.5 Å². The number of carbonyl (C=O) groups excluding carboxylic acids is 1. The van der Waals surface area contributed by atoms with Gasteiger partial charge in [0, 0.05) is 13.0 Å². The fraction of sp³-hybridized carbons (Fsp3) is 0.0625. The molecule has 3 aromatic rings. The monoisotopic (exact) mass is 279 g/mol. The Morgan fingerprint density at radius 3 is 2.67 bits per heavy atom. The Morgan fingerprint density at radius 2 is 1.86 bits per heavy atom. The maximum absolute atomic E-state index is 11.0. The summed E-state index contributed by atoms with van der Waals surface area (Å²) in [5.41, 5.74) is 0. The zero-order valence-corrected chi connectivity index (χ0v) is 11.4. The van der Waals surface area contributed by atoms with Crippen molar-refractivity contribution in [3.05, 3.63) is 54.9 Å². The van der Waals surface area contributed by atoms with Gasteiger partial charge in [0.2, 0.25) is 11.8 Å². The third-order valence-corrected chi connectivity index (χ3v) is 2.89. The van der Waals surface area contributed by atoms with E-state index < -0.39 is 0 Å². The van der Waals surface area contributed by atoms with Crippen LogP contribution in [0.4, 0.5) is 5.82 Å². The number of anilines is 1. The Labute approximate surface area is 121 Å². The Balaban J connectivity index is 1.86. The second-order valence-corrected chi connectivity index (χ2v) is 4.53. The average molecular weight is 279 g/mol. The van der Waals surface area contributed by atoms with Gasteiger partial charge in [0.15, 0.2) is 0 Å². The lowest BCUT2D eigenvalue weighted by molar-refractivity contribution is -0.114. The molecule has 1 N–H and O–H groups in total. The lowest BCUT2D eigenvalue weighted by Crippen LogP contribution is -2.07. The van der Waals surface area contributed by atoms with E-state index in [0.29, 0.717) is 17.4 Å². The molecule has 0 saturated carbocycles. The van der Waals surface area contributed by atoms with Crippen LogP contribution in [-0.2, 0) is 4.79 Å². The van der Waals surface area contributed by atoms with Gasteiger partial charge in [-0.25, -0.2) is 9.97 Å². The van der Waals surface area contributed by atoms with Gasteiger partial charge in [-0.15, -0.1) is 0 Å². The molecule has 0 aliphatic carbocycles. The van der Waals surface area contributed by atoms with Crippen LogP contribution in [0.1, 0.15) is 6.92 Å². The molecule has 1 aromatic heterocycles. The summed E-state index contributed by atoms with van der Waals surface area (Å²) in [6, 6.07) is 15.4. The molecule has 1 amide bonds. The van der Waals surface area contributed by atoms with Crippen molar-refractivity contribution in [2.24, 2.45) is 0 Å². The van der Waals surface area contributed by atoms with Crippen molar-refractivity contribution < 1.29 is 9.53 Å². The molecule has 0 unspecified atom stereocenters. The van der Waals surface area contributed by atoms with Crippen LogP contribution in [0.15, 0.2) is 54.9 Å². The van der Waals surface area contributed by atoms with Crippen LogP contribution >= 0.6 is 0 Å². The highest BCUT2D eigenvalue weighted by Crippen LogP contribution is 2.25. The molecule has 104 valence electrons. The summed E-state index contributed by atoms with van der Waals surface area (Å²) in [5.74, 6) is 1.28. The summed E-state index contributed by atoms with van der Waals surface area (Å²) < 4.78 is 5.71. The molecule has 0 aliphatic heterocycles. The van der Waals surface area contributed by atoms with E-state index in [1.165, 1.54) is 13.3 Å². The number of amides is 1. The van der Waals surface area contributed by atoms with Crippen molar-refractivity contribution >= 4 is 22.5 Å². The topological polar surface area (TPSA) is 64.1 Å². The number of hydrogen-bond acceptors (Lipinski definition) is 4. The van der Waals surface area contributed by atoms with Gasteiger partial charge in [-0.2, -0.15) is 0 Å². The van der Waals surface area contributed by atoms with Crippen molar-refractivity contribution in [1.29, 1.82) is 0 Å². The number of fused-ring (bicyclic) bond motifs is 1. The third-order valence-electron chi connectivity index (χ3n) is 2.89. The largest absolute Gasteiger partial charge is 0.439 e. The molecule has 0 atom stereocenters. The number of benzene rings is 2. The van der Waals surface area contributed by atoms with E-state index in [4.69, 9.17) is 4.74 Å². The van der Waals surface area contributed by atoms with Crippen LogP contribution < -0.4 is 10.1 Å².